The molecule has 21 heavy (non-hydrogen) atoms. The fraction of sp³-hybridized carbons (Fsp3) is 0.267. The number of carbonyl (C=O) groups excluding carboxylic acids is 1. The van der Waals surface area contributed by atoms with Gasteiger partial charge in [-0.25, -0.2) is 0 Å². The van der Waals surface area contributed by atoms with Crippen LogP contribution in [0, 0.1) is 0 Å². The third-order valence-corrected chi connectivity index (χ3v) is 4.74. The van der Waals surface area contributed by atoms with Crippen LogP contribution >= 0.6 is 27.3 Å². The lowest BCUT2D eigenvalue weighted by Gasteiger charge is -2.21. The van der Waals surface area contributed by atoms with Gasteiger partial charge in [0.05, 0.1) is 23.0 Å². The Morgan fingerprint density at radius 1 is 1.38 bits per heavy atom. The molecule has 0 saturated carbocycles. The number of ether oxygens (including phenoxy) is 1. The van der Waals surface area contributed by atoms with Crippen molar-refractivity contribution in [3.05, 3.63) is 44.6 Å². The largest absolute Gasteiger partial charge is 0.497 e. The van der Waals surface area contributed by atoms with Crippen molar-refractivity contribution < 1.29 is 9.53 Å². The summed E-state index contributed by atoms with van der Waals surface area (Å²) in [6, 6.07) is 9.13. The average Bonchev–Trinajstić information content (AvgIpc) is 2.89. The Balaban J connectivity index is 2.19. The molecule has 1 aromatic heterocycles. The normalized spacial score (nSPS) is 10.4. The zero-order chi connectivity index (χ0) is 15.4. The maximum absolute atomic E-state index is 12.6. The van der Waals surface area contributed by atoms with Crippen LogP contribution in [-0.4, -0.2) is 24.5 Å². The summed E-state index contributed by atoms with van der Waals surface area (Å²) >= 11 is 5.06. The second-order valence-electron chi connectivity index (χ2n) is 4.48. The molecule has 0 fully saturated rings. The van der Waals surface area contributed by atoms with E-state index in [1.807, 2.05) is 19.1 Å². The zero-order valence-corrected chi connectivity index (χ0v) is 14.3. The molecule has 0 saturated heterocycles. The number of carbonyl (C=O) groups is 1. The molecule has 0 bridgehead atoms. The molecule has 4 nitrogen and oxygen atoms in total. The van der Waals surface area contributed by atoms with E-state index in [1.54, 1.807) is 41.5 Å². The third-order valence-electron chi connectivity index (χ3n) is 3.13. The number of nitrogen functional groups attached to an aromatic ring is 1. The number of amides is 1. The van der Waals surface area contributed by atoms with Crippen LogP contribution in [0.25, 0.3) is 0 Å². The molecule has 0 radical (unpaired) electrons. The standard InChI is InChI=1S/C15H17BrN2O2S/c1-3-18(9-11-5-7-14(16)21-11)15(19)12-6-4-10(20-2)8-13(12)17/h4-8H,3,9,17H2,1-2H3. The summed E-state index contributed by atoms with van der Waals surface area (Å²) in [6.45, 7) is 3.16. The van der Waals surface area contributed by atoms with Crippen LogP contribution in [0.4, 0.5) is 5.69 Å². The molecule has 1 amide bonds. The van der Waals surface area contributed by atoms with Crippen LogP contribution in [-0.2, 0) is 6.54 Å². The van der Waals surface area contributed by atoms with Crippen LogP contribution < -0.4 is 10.5 Å². The molecule has 0 aliphatic rings. The molecule has 6 heteroatoms. The van der Waals surface area contributed by atoms with Crippen molar-refractivity contribution in [3.8, 4) is 5.75 Å². The highest BCUT2D eigenvalue weighted by Crippen LogP contribution is 2.25. The fourth-order valence-corrected chi connectivity index (χ4v) is 3.48. The first-order chi connectivity index (χ1) is 10.0. The molecule has 0 aliphatic heterocycles. The van der Waals surface area contributed by atoms with E-state index in [-0.39, 0.29) is 5.91 Å². The molecular formula is C15H17BrN2O2S. The van der Waals surface area contributed by atoms with Gasteiger partial charge >= 0.3 is 0 Å². The fourth-order valence-electron chi connectivity index (χ4n) is 1.98. The van der Waals surface area contributed by atoms with Crippen molar-refractivity contribution in [2.45, 2.75) is 13.5 Å². The van der Waals surface area contributed by atoms with Crippen molar-refractivity contribution in [3.63, 3.8) is 0 Å². The summed E-state index contributed by atoms with van der Waals surface area (Å²) in [4.78, 5) is 15.5. The van der Waals surface area contributed by atoms with E-state index in [4.69, 9.17) is 10.5 Å². The summed E-state index contributed by atoms with van der Waals surface area (Å²) in [5.74, 6) is 0.580. The summed E-state index contributed by atoms with van der Waals surface area (Å²) < 4.78 is 6.17. The van der Waals surface area contributed by atoms with Gasteiger partial charge in [0.2, 0.25) is 0 Å². The van der Waals surface area contributed by atoms with Gasteiger partial charge < -0.3 is 15.4 Å². The second-order valence-corrected chi connectivity index (χ2v) is 7.03. The quantitative estimate of drug-likeness (QED) is 0.817. The Bertz CT molecular complexity index is 642. The molecule has 1 aromatic carbocycles. The number of thiophene rings is 1. The van der Waals surface area contributed by atoms with E-state index in [0.717, 1.165) is 8.66 Å². The Labute approximate surface area is 136 Å². The first-order valence-corrected chi connectivity index (χ1v) is 8.13. The lowest BCUT2D eigenvalue weighted by Crippen LogP contribution is -2.30. The number of nitrogens with zero attached hydrogens (tertiary/aromatic N) is 1. The van der Waals surface area contributed by atoms with E-state index in [9.17, 15) is 4.79 Å². The molecule has 2 N–H and O–H groups in total. The van der Waals surface area contributed by atoms with Crippen molar-refractivity contribution in [2.75, 3.05) is 19.4 Å². The lowest BCUT2D eigenvalue weighted by atomic mass is 10.1. The van der Waals surface area contributed by atoms with Gasteiger partial charge in [0.15, 0.2) is 0 Å². The van der Waals surface area contributed by atoms with Crippen LogP contribution in [0.5, 0.6) is 5.75 Å². The number of rotatable bonds is 5. The van der Waals surface area contributed by atoms with Crippen molar-refractivity contribution in [1.29, 1.82) is 0 Å². The molecule has 2 aromatic rings. The second kappa shape index (κ2) is 6.95. The number of anilines is 1. The van der Waals surface area contributed by atoms with Gasteiger partial charge in [-0.2, -0.15) is 0 Å². The number of nitrogens with two attached hydrogens (primary N) is 1. The maximum atomic E-state index is 12.6. The van der Waals surface area contributed by atoms with Gasteiger partial charge in [-0.1, -0.05) is 0 Å². The predicted molar refractivity (Wildman–Crippen MR) is 89.8 cm³/mol. The molecule has 112 valence electrons. The summed E-state index contributed by atoms with van der Waals surface area (Å²) in [7, 11) is 1.57. The van der Waals surface area contributed by atoms with E-state index in [0.29, 0.717) is 30.1 Å². The third kappa shape index (κ3) is 3.77. The van der Waals surface area contributed by atoms with Crippen LogP contribution in [0.1, 0.15) is 22.2 Å². The zero-order valence-electron chi connectivity index (χ0n) is 11.9. The summed E-state index contributed by atoms with van der Waals surface area (Å²) in [5.41, 5.74) is 6.90. The van der Waals surface area contributed by atoms with E-state index in [1.165, 1.54) is 0 Å². The van der Waals surface area contributed by atoms with Crippen LogP contribution in [0.15, 0.2) is 34.1 Å². The number of hydrogen-bond acceptors (Lipinski definition) is 4. The van der Waals surface area contributed by atoms with Gasteiger partial charge in [0, 0.05) is 23.2 Å². The van der Waals surface area contributed by atoms with Crippen LogP contribution in [0.3, 0.4) is 0 Å². The minimum atomic E-state index is -0.0674. The smallest absolute Gasteiger partial charge is 0.256 e. The van der Waals surface area contributed by atoms with E-state index in [2.05, 4.69) is 15.9 Å². The summed E-state index contributed by atoms with van der Waals surface area (Å²) in [5, 5.41) is 0. The molecule has 0 aliphatic carbocycles. The van der Waals surface area contributed by atoms with Gasteiger partial charge in [0.1, 0.15) is 5.75 Å². The van der Waals surface area contributed by atoms with Gasteiger partial charge in [-0.05, 0) is 47.1 Å². The van der Waals surface area contributed by atoms with Crippen molar-refractivity contribution in [2.24, 2.45) is 0 Å². The molecule has 2 rings (SSSR count). The predicted octanol–water partition coefficient (Wildman–Crippen LogP) is 3.76. The monoisotopic (exact) mass is 368 g/mol. The molecular weight excluding hydrogens is 352 g/mol. The summed E-state index contributed by atoms with van der Waals surface area (Å²) in [6.07, 6.45) is 0. The van der Waals surface area contributed by atoms with Gasteiger partial charge in [0.25, 0.3) is 5.91 Å². The first-order valence-electron chi connectivity index (χ1n) is 6.52. The average molecular weight is 369 g/mol. The number of methoxy groups -OCH3 is 1. The lowest BCUT2D eigenvalue weighted by molar-refractivity contribution is 0.0755. The Hall–Kier alpha value is -1.53. The van der Waals surface area contributed by atoms with Gasteiger partial charge in [-0.3, -0.25) is 4.79 Å². The molecule has 0 atom stereocenters. The number of halogens is 1. The van der Waals surface area contributed by atoms with Crippen LogP contribution in [0.2, 0.25) is 0 Å². The Morgan fingerprint density at radius 3 is 2.67 bits per heavy atom. The topological polar surface area (TPSA) is 55.6 Å². The minimum Gasteiger partial charge on any atom is -0.497 e. The highest BCUT2D eigenvalue weighted by molar-refractivity contribution is 9.11. The van der Waals surface area contributed by atoms with E-state index < -0.39 is 0 Å². The molecule has 0 unspecified atom stereocenters. The first kappa shape index (κ1) is 15.9. The maximum Gasteiger partial charge on any atom is 0.256 e. The number of hydrogen-bond donors (Lipinski definition) is 1. The highest BCUT2D eigenvalue weighted by atomic mass is 79.9. The molecule has 1 heterocycles. The van der Waals surface area contributed by atoms with Gasteiger partial charge in [-0.15, -0.1) is 11.3 Å². The molecule has 0 spiro atoms. The SMILES string of the molecule is CCN(Cc1ccc(Br)s1)C(=O)c1ccc(OC)cc1N. The Morgan fingerprint density at radius 2 is 2.14 bits per heavy atom. The number of benzene rings is 1. The van der Waals surface area contributed by atoms with E-state index >= 15 is 0 Å². The van der Waals surface area contributed by atoms with Crippen molar-refractivity contribution in [1.82, 2.24) is 4.90 Å². The van der Waals surface area contributed by atoms with Crippen molar-refractivity contribution >= 4 is 38.9 Å². The minimum absolute atomic E-state index is 0.0674. The highest BCUT2D eigenvalue weighted by Gasteiger charge is 2.18. The Kier molecular flexibility index (Phi) is 5.25.